The van der Waals surface area contributed by atoms with E-state index in [0.717, 1.165) is 5.56 Å². The lowest BCUT2D eigenvalue weighted by molar-refractivity contribution is -0.158. The van der Waals surface area contributed by atoms with Crippen molar-refractivity contribution < 1.29 is 28.5 Å². The normalized spacial score (nSPS) is 24.1. The van der Waals surface area contributed by atoms with Crippen LogP contribution < -0.4 is 5.32 Å². The molecule has 0 saturated carbocycles. The van der Waals surface area contributed by atoms with Crippen LogP contribution in [0.3, 0.4) is 0 Å². The molecule has 0 aromatic heterocycles. The zero-order valence-corrected chi connectivity index (χ0v) is 16.4. The molecule has 0 radical (unpaired) electrons. The van der Waals surface area contributed by atoms with Crippen LogP contribution >= 0.6 is 0 Å². The summed E-state index contributed by atoms with van der Waals surface area (Å²) in [5.74, 6) is -0.566. The van der Waals surface area contributed by atoms with E-state index in [-0.39, 0.29) is 12.7 Å². The number of hydrogen-bond acceptors (Lipinski definition) is 6. The Bertz CT molecular complexity index is 613. The maximum Gasteiger partial charge on any atom is 0.408 e. The second-order valence-electron chi connectivity index (χ2n) is 7.54. The molecule has 0 unspecified atom stereocenters. The minimum atomic E-state index is -0.921. The molecule has 27 heavy (non-hydrogen) atoms. The number of rotatable bonds is 4. The molecule has 1 aliphatic heterocycles. The van der Waals surface area contributed by atoms with Crippen LogP contribution in [0.5, 0.6) is 0 Å². The van der Waals surface area contributed by atoms with Crippen LogP contribution in [0.25, 0.3) is 0 Å². The summed E-state index contributed by atoms with van der Waals surface area (Å²) in [4.78, 5) is 24.4. The molecule has 0 aliphatic carbocycles. The standard InChI is InChI=1S/C20H29NO6/c1-14-17(25-12-15-8-6-5-7-9-15)10-11-24-13-16(18(22)26-14)21-19(23)27-20(2,3)4/h5-9,14,16-17H,10-13H2,1-4H3,(H,21,23)/t14-,16-,17+/m0/s1. The summed E-state index contributed by atoms with van der Waals surface area (Å²) < 4.78 is 22.2. The van der Waals surface area contributed by atoms with E-state index in [9.17, 15) is 9.59 Å². The number of alkyl carbamates (subject to hydrolysis) is 1. The molecule has 1 N–H and O–H groups in total. The largest absolute Gasteiger partial charge is 0.458 e. The summed E-state index contributed by atoms with van der Waals surface area (Å²) in [5.41, 5.74) is 0.387. The van der Waals surface area contributed by atoms with Gasteiger partial charge in [0.25, 0.3) is 0 Å². The van der Waals surface area contributed by atoms with Crippen molar-refractivity contribution >= 4 is 12.1 Å². The molecule has 1 aromatic rings. The maximum absolute atomic E-state index is 12.4. The smallest absolute Gasteiger partial charge is 0.408 e. The molecule has 1 amide bonds. The van der Waals surface area contributed by atoms with Gasteiger partial charge in [-0.05, 0) is 33.3 Å². The summed E-state index contributed by atoms with van der Waals surface area (Å²) in [6.45, 7) is 7.88. The molecule has 2 rings (SSSR count). The third-order valence-corrected chi connectivity index (χ3v) is 3.94. The molecular formula is C20H29NO6. The Hall–Kier alpha value is -2.12. The first-order valence-corrected chi connectivity index (χ1v) is 9.18. The fourth-order valence-electron chi connectivity index (χ4n) is 2.59. The van der Waals surface area contributed by atoms with E-state index < -0.39 is 29.8 Å². The maximum atomic E-state index is 12.4. The van der Waals surface area contributed by atoms with Crippen LogP contribution in [0.1, 0.15) is 39.7 Å². The van der Waals surface area contributed by atoms with Gasteiger partial charge in [-0.3, -0.25) is 0 Å². The van der Waals surface area contributed by atoms with E-state index in [2.05, 4.69) is 5.32 Å². The monoisotopic (exact) mass is 379 g/mol. The van der Waals surface area contributed by atoms with Crippen LogP contribution in [0.15, 0.2) is 30.3 Å². The number of esters is 1. The highest BCUT2D eigenvalue weighted by Crippen LogP contribution is 2.15. The summed E-state index contributed by atoms with van der Waals surface area (Å²) in [6.07, 6.45) is -0.863. The first-order chi connectivity index (χ1) is 12.7. The lowest BCUT2D eigenvalue weighted by Crippen LogP contribution is -2.47. The van der Waals surface area contributed by atoms with Crippen molar-refractivity contribution in [1.29, 1.82) is 0 Å². The number of carbonyl (C=O) groups is 2. The van der Waals surface area contributed by atoms with Gasteiger partial charge >= 0.3 is 12.1 Å². The Morgan fingerprint density at radius 2 is 1.96 bits per heavy atom. The van der Waals surface area contributed by atoms with Gasteiger partial charge in [0.2, 0.25) is 0 Å². The van der Waals surface area contributed by atoms with Crippen molar-refractivity contribution in [3.8, 4) is 0 Å². The van der Waals surface area contributed by atoms with Gasteiger partial charge in [-0.1, -0.05) is 30.3 Å². The van der Waals surface area contributed by atoms with Crippen molar-refractivity contribution in [2.75, 3.05) is 13.2 Å². The van der Waals surface area contributed by atoms with E-state index in [1.807, 2.05) is 30.3 Å². The molecule has 150 valence electrons. The molecule has 7 nitrogen and oxygen atoms in total. The van der Waals surface area contributed by atoms with Gasteiger partial charge in [-0.15, -0.1) is 0 Å². The Balaban J connectivity index is 1.92. The molecule has 1 aliphatic rings. The van der Waals surface area contributed by atoms with Gasteiger partial charge in [0.05, 0.1) is 19.3 Å². The topological polar surface area (TPSA) is 83.1 Å². The average Bonchev–Trinajstić information content (AvgIpc) is 2.64. The van der Waals surface area contributed by atoms with Crippen LogP contribution in [-0.4, -0.2) is 49.1 Å². The fraction of sp³-hybridized carbons (Fsp3) is 0.600. The van der Waals surface area contributed by atoms with Crippen LogP contribution in [-0.2, 0) is 30.3 Å². The van der Waals surface area contributed by atoms with Crippen molar-refractivity contribution in [3.05, 3.63) is 35.9 Å². The second-order valence-corrected chi connectivity index (χ2v) is 7.54. The van der Waals surface area contributed by atoms with E-state index in [1.165, 1.54) is 0 Å². The molecule has 3 atom stereocenters. The van der Waals surface area contributed by atoms with Crippen molar-refractivity contribution in [1.82, 2.24) is 5.32 Å². The van der Waals surface area contributed by atoms with Crippen LogP contribution in [0.2, 0.25) is 0 Å². The fourth-order valence-corrected chi connectivity index (χ4v) is 2.59. The van der Waals surface area contributed by atoms with Gasteiger partial charge < -0.3 is 24.3 Å². The van der Waals surface area contributed by atoms with Gasteiger partial charge in [0, 0.05) is 13.0 Å². The summed E-state index contributed by atoms with van der Waals surface area (Å²) in [7, 11) is 0. The van der Waals surface area contributed by atoms with Crippen molar-refractivity contribution in [2.24, 2.45) is 0 Å². The first-order valence-electron chi connectivity index (χ1n) is 9.18. The number of carbonyl (C=O) groups excluding carboxylic acids is 2. The molecule has 1 saturated heterocycles. The van der Waals surface area contributed by atoms with Gasteiger partial charge in [-0.2, -0.15) is 0 Å². The zero-order chi connectivity index (χ0) is 19.9. The van der Waals surface area contributed by atoms with E-state index in [4.69, 9.17) is 18.9 Å². The number of hydrogen-bond donors (Lipinski definition) is 1. The molecule has 1 aromatic carbocycles. The lowest BCUT2D eigenvalue weighted by Gasteiger charge is -2.25. The average molecular weight is 379 g/mol. The quantitative estimate of drug-likeness (QED) is 0.810. The van der Waals surface area contributed by atoms with Crippen LogP contribution in [0, 0.1) is 0 Å². The summed E-state index contributed by atoms with van der Waals surface area (Å²) in [6, 6.07) is 8.87. The molecule has 0 bridgehead atoms. The SMILES string of the molecule is C[C@@H]1OC(=O)[C@@H](NC(=O)OC(C)(C)C)COCC[C@H]1OCc1ccccc1. The molecule has 0 spiro atoms. The van der Waals surface area contributed by atoms with Crippen LogP contribution in [0.4, 0.5) is 4.79 Å². The molecule has 7 heteroatoms. The van der Waals surface area contributed by atoms with Gasteiger partial charge in [0.15, 0.2) is 6.04 Å². The minimum Gasteiger partial charge on any atom is -0.458 e. The predicted octanol–water partition coefficient (Wildman–Crippen LogP) is 2.82. The predicted molar refractivity (Wildman–Crippen MR) is 99.2 cm³/mol. The Kier molecular flexibility index (Phi) is 7.62. The Morgan fingerprint density at radius 3 is 2.63 bits per heavy atom. The number of benzene rings is 1. The van der Waals surface area contributed by atoms with E-state index >= 15 is 0 Å². The number of ether oxygens (including phenoxy) is 4. The van der Waals surface area contributed by atoms with E-state index in [0.29, 0.717) is 19.6 Å². The highest BCUT2D eigenvalue weighted by Gasteiger charge is 2.31. The second kappa shape index (κ2) is 9.71. The Morgan fingerprint density at radius 1 is 1.26 bits per heavy atom. The van der Waals surface area contributed by atoms with Crippen molar-refractivity contribution in [2.45, 2.75) is 64.6 Å². The Labute approximate surface area is 160 Å². The minimum absolute atomic E-state index is 0.0240. The first kappa shape index (κ1) is 21.2. The van der Waals surface area contributed by atoms with E-state index in [1.54, 1.807) is 27.7 Å². The highest BCUT2D eigenvalue weighted by atomic mass is 16.6. The summed E-state index contributed by atoms with van der Waals surface area (Å²) in [5, 5.41) is 2.51. The number of nitrogens with one attached hydrogen (secondary N) is 1. The molecule has 1 fully saturated rings. The third kappa shape index (κ3) is 7.56. The highest BCUT2D eigenvalue weighted by molar-refractivity contribution is 5.81. The lowest BCUT2D eigenvalue weighted by atomic mass is 10.1. The number of cyclic esters (lactones) is 1. The van der Waals surface area contributed by atoms with Gasteiger partial charge in [-0.25, -0.2) is 9.59 Å². The summed E-state index contributed by atoms with van der Waals surface area (Å²) >= 11 is 0. The van der Waals surface area contributed by atoms with Crippen molar-refractivity contribution in [3.63, 3.8) is 0 Å². The zero-order valence-electron chi connectivity index (χ0n) is 16.4. The molecule has 1 heterocycles. The molecular weight excluding hydrogens is 350 g/mol. The number of amides is 1. The van der Waals surface area contributed by atoms with Gasteiger partial charge in [0.1, 0.15) is 11.7 Å². The third-order valence-electron chi connectivity index (χ3n) is 3.94.